The molecule has 0 unspecified atom stereocenters. The van der Waals surface area contributed by atoms with E-state index in [0.29, 0.717) is 9.79 Å². The number of benzene rings is 4. The Morgan fingerprint density at radius 2 is 0.862 bits per heavy atom. The molecular formula is C24H24N2O2S. The molecule has 0 heterocycles. The molecule has 0 aliphatic carbocycles. The largest absolute Gasteiger partial charge is 0.377 e. The number of hydrogen-bond acceptors (Lipinski definition) is 4. The van der Waals surface area contributed by atoms with Crippen molar-refractivity contribution in [3.63, 3.8) is 0 Å². The maximum atomic E-state index is 13.8. The molecule has 4 rings (SSSR count). The van der Waals surface area contributed by atoms with Gasteiger partial charge in [0, 0.05) is 61.1 Å². The Kier molecular flexibility index (Phi) is 4.71. The Labute approximate surface area is 171 Å². The van der Waals surface area contributed by atoms with Gasteiger partial charge in [0.05, 0.1) is 9.79 Å². The highest BCUT2D eigenvalue weighted by molar-refractivity contribution is 7.92. The fourth-order valence-electron chi connectivity index (χ4n) is 3.90. The van der Waals surface area contributed by atoms with Crippen LogP contribution in [0.15, 0.2) is 82.6 Å². The van der Waals surface area contributed by atoms with Crippen LogP contribution in [-0.2, 0) is 9.84 Å². The van der Waals surface area contributed by atoms with Crippen LogP contribution >= 0.6 is 0 Å². The molecule has 148 valence electrons. The Morgan fingerprint density at radius 3 is 1.24 bits per heavy atom. The number of anilines is 2. The molecule has 0 saturated heterocycles. The highest BCUT2D eigenvalue weighted by Gasteiger charge is 2.23. The van der Waals surface area contributed by atoms with Crippen molar-refractivity contribution in [1.29, 1.82) is 0 Å². The molecule has 0 saturated carbocycles. The molecule has 0 aliphatic rings. The third-order valence-corrected chi connectivity index (χ3v) is 7.13. The summed E-state index contributed by atoms with van der Waals surface area (Å²) in [6, 6.07) is 22.5. The number of rotatable bonds is 4. The van der Waals surface area contributed by atoms with Gasteiger partial charge in [-0.05, 0) is 24.3 Å². The van der Waals surface area contributed by atoms with Crippen LogP contribution in [0.2, 0.25) is 0 Å². The van der Waals surface area contributed by atoms with E-state index in [9.17, 15) is 8.42 Å². The molecule has 29 heavy (non-hydrogen) atoms. The highest BCUT2D eigenvalue weighted by atomic mass is 32.2. The van der Waals surface area contributed by atoms with Crippen molar-refractivity contribution >= 4 is 42.8 Å². The zero-order valence-electron chi connectivity index (χ0n) is 17.0. The monoisotopic (exact) mass is 404 g/mol. The molecule has 0 spiro atoms. The molecule has 0 N–H and O–H groups in total. The molecule has 0 radical (unpaired) electrons. The first kappa shape index (κ1) is 19.3. The summed E-state index contributed by atoms with van der Waals surface area (Å²) in [4.78, 5) is 4.67. The minimum atomic E-state index is -3.71. The van der Waals surface area contributed by atoms with E-state index in [4.69, 9.17) is 0 Å². The molecule has 4 nitrogen and oxygen atoms in total. The standard InChI is InChI=1S/C24H24N2O2S/c1-25(2)21-13-5-11-19-17(21)9-7-15-23(19)29(27,28)24-16-8-10-18-20(24)12-6-14-22(18)26(3)4/h5-16H,1-4H3. The van der Waals surface area contributed by atoms with Gasteiger partial charge in [-0.15, -0.1) is 0 Å². The second-order valence-corrected chi connectivity index (χ2v) is 9.44. The topological polar surface area (TPSA) is 40.6 Å². The van der Waals surface area contributed by atoms with Crippen molar-refractivity contribution < 1.29 is 8.42 Å². The molecule has 4 aromatic carbocycles. The van der Waals surface area contributed by atoms with E-state index in [1.54, 1.807) is 12.1 Å². The van der Waals surface area contributed by atoms with Crippen LogP contribution < -0.4 is 9.80 Å². The van der Waals surface area contributed by atoms with E-state index < -0.39 is 9.84 Å². The van der Waals surface area contributed by atoms with Crippen LogP contribution in [0.1, 0.15) is 0 Å². The maximum absolute atomic E-state index is 13.8. The number of fused-ring (bicyclic) bond motifs is 2. The number of nitrogens with zero attached hydrogens (tertiary/aromatic N) is 2. The van der Waals surface area contributed by atoms with E-state index in [1.807, 2.05) is 98.7 Å². The summed E-state index contributed by atoms with van der Waals surface area (Å²) in [5.74, 6) is 0. The van der Waals surface area contributed by atoms with Crippen LogP contribution in [-0.4, -0.2) is 36.6 Å². The summed E-state index contributed by atoms with van der Waals surface area (Å²) in [7, 11) is 4.13. The molecule has 0 aromatic heterocycles. The van der Waals surface area contributed by atoms with E-state index in [1.165, 1.54) is 0 Å². The third kappa shape index (κ3) is 3.12. The van der Waals surface area contributed by atoms with Gasteiger partial charge in [-0.25, -0.2) is 8.42 Å². The van der Waals surface area contributed by atoms with Gasteiger partial charge in [0.1, 0.15) is 0 Å². The minimum Gasteiger partial charge on any atom is -0.377 e. The molecule has 0 atom stereocenters. The summed E-state index contributed by atoms with van der Waals surface area (Å²) < 4.78 is 27.6. The molecule has 4 aromatic rings. The van der Waals surface area contributed by atoms with E-state index in [0.717, 1.165) is 32.9 Å². The fraction of sp³-hybridized carbons (Fsp3) is 0.167. The van der Waals surface area contributed by atoms with E-state index in [-0.39, 0.29) is 0 Å². The van der Waals surface area contributed by atoms with Gasteiger partial charge in [0.15, 0.2) is 0 Å². The lowest BCUT2D eigenvalue weighted by Gasteiger charge is -2.18. The lowest BCUT2D eigenvalue weighted by molar-refractivity contribution is 0.598. The van der Waals surface area contributed by atoms with Crippen LogP contribution in [0.5, 0.6) is 0 Å². The summed E-state index contributed by atoms with van der Waals surface area (Å²) in [5, 5.41) is 3.32. The van der Waals surface area contributed by atoms with Gasteiger partial charge < -0.3 is 9.80 Å². The number of hydrogen-bond donors (Lipinski definition) is 0. The van der Waals surface area contributed by atoms with Crippen LogP contribution in [0.3, 0.4) is 0 Å². The van der Waals surface area contributed by atoms with Gasteiger partial charge in [0.2, 0.25) is 9.84 Å². The zero-order chi connectivity index (χ0) is 20.8. The average Bonchev–Trinajstić information content (AvgIpc) is 2.71. The summed E-state index contributed by atoms with van der Waals surface area (Å²) >= 11 is 0. The molecule has 0 aliphatic heterocycles. The summed E-state index contributed by atoms with van der Waals surface area (Å²) in [6.07, 6.45) is 0. The van der Waals surface area contributed by atoms with Crippen molar-refractivity contribution in [3.05, 3.63) is 72.8 Å². The molecule has 5 heteroatoms. The quantitative estimate of drug-likeness (QED) is 0.482. The fourth-order valence-corrected chi connectivity index (χ4v) is 5.58. The SMILES string of the molecule is CN(C)c1cccc2c(S(=O)(=O)c3cccc4c(N(C)C)cccc34)cccc12. The second kappa shape index (κ2) is 7.08. The first-order chi connectivity index (χ1) is 13.8. The Hall–Kier alpha value is -3.05. The lowest BCUT2D eigenvalue weighted by atomic mass is 10.1. The van der Waals surface area contributed by atoms with Crippen molar-refractivity contribution in [2.24, 2.45) is 0 Å². The normalized spacial score (nSPS) is 11.7. The van der Waals surface area contributed by atoms with Gasteiger partial charge in [-0.3, -0.25) is 0 Å². The summed E-state index contributed by atoms with van der Waals surface area (Å²) in [5.41, 5.74) is 1.99. The highest BCUT2D eigenvalue weighted by Crippen LogP contribution is 2.36. The van der Waals surface area contributed by atoms with Gasteiger partial charge in [0.25, 0.3) is 0 Å². The minimum absolute atomic E-state index is 0.335. The van der Waals surface area contributed by atoms with Crippen molar-refractivity contribution in [2.75, 3.05) is 38.0 Å². The van der Waals surface area contributed by atoms with Crippen molar-refractivity contribution in [1.82, 2.24) is 0 Å². The third-order valence-electron chi connectivity index (χ3n) is 5.26. The Bertz CT molecular complexity index is 1230. The van der Waals surface area contributed by atoms with Gasteiger partial charge in [-0.1, -0.05) is 48.5 Å². The van der Waals surface area contributed by atoms with Gasteiger partial charge in [-0.2, -0.15) is 0 Å². The second-order valence-electron chi connectivity index (χ2n) is 7.55. The molecular weight excluding hydrogens is 380 g/mol. The first-order valence-electron chi connectivity index (χ1n) is 9.45. The predicted molar refractivity (Wildman–Crippen MR) is 122 cm³/mol. The zero-order valence-corrected chi connectivity index (χ0v) is 17.9. The lowest BCUT2D eigenvalue weighted by Crippen LogP contribution is -2.10. The molecule has 0 amide bonds. The van der Waals surface area contributed by atoms with Crippen LogP contribution in [0.25, 0.3) is 21.5 Å². The van der Waals surface area contributed by atoms with E-state index >= 15 is 0 Å². The first-order valence-corrected chi connectivity index (χ1v) is 10.9. The van der Waals surface area contributed by atoms with Crippen molar-refractivity contribution in [2.45, 2.75) is 9.79 Å². The molecule has 0 fully saturated rings. The van der Waals surface area contributed by atoms with E-state index in [2.05, 4.69) is 0 Å². The van der Waals surface area contributed by atoms with Crippen LogP contribution in [0, 0.1) is 0 Å². The smallest absolute Gasteiger partial charge is 0.207 e. The summed E-state index contributed by atoms with van der Waals surface area (Å²) in [6.45, 7) is 0. The number of sulfone groups is 1. The Morgan fingerprint density at radius 1 is 0.517 bits per heavy atom. The molecule has 0 bridgehead atoms. The van der Waals surface area contributed by atoms with Crippen molar-refractivity contribution in [3.8, 4) is 0 Å². The maximum Gasteiger partial charge on any atom is 0.207 e. The predicted octanol–water partition coefficient (Wildman–Crippen LogP) is 4.96. The van der Waals surface area contributed by atoms with Gasteiger partial charge >= 0.3 is 0 Å². The Balaban J connectivity index is 2.03. The average molecular weight is 405 g/mol. The van der Waals surface area contributed by atoms with Crippen LogP contribution in [0.4, 0.5) is 11.4 Å².